The molecule has 1 aliphatic rings. The summed E-state index contributed by atoms with van der Waals surface area (Å²) in [6.07, 6.45) is 1.75. The lowest BCUT2D eigenvalue weighted by Crippen LogP contribution is -2.43. The summed E-state index contributed by atoms with van der Waals surface area (Å²) < 4.78 is 27.6. The molecule has 1 aromatic carbocycles. The number of rotatable bonds is 3. The van der Waals surface area contributed by atoms with E-state index in [0.717, 1.165) is 37.1 Å². The second-order valence-corrected chi connectivity index (χ2v) is 7.15. The van der Waals surface area contributed by atoms with E-state index in [-0.39, 0.29) is 6.04 Å². The summed E-state index contributed by atoms with van der Waals surface area (Å²) in [5, 5.41) is 0. The van der Waals surface area contributed by atoms with Crippen LogP contribution in [0.4, 0.5) is 0 Å². The molecule has 0 amide bonds. The average Bonchev–Trinajstić information content (AvgIpc) is 2.31. The summed E-state index contributed by atoms with van der Waals surface area (Å²) >= 11 is 0. The van der Waals surface area contributed by atoms with E-state index < -0.39 is 10.0 Å². The van der Waals surface area contributed by atoms with Crippen molar-refractivity contribution in [3.63, 3.8) is 0 Å². The van der Waals surface area contributed by atoms with Gasteiger partial charge in [-0.1, -0.05) is 17.7 Å². The first-order valence-corrected chi connectivity index (χ1v) is 8.15. The Morgan fingerprint density at radius 2 is 1.84 bits per heavy atom. The van der Waals surface area contributed by atoms with Gasteiger partial charge in [0.2, 0.25) is 10.0 Å². The number of benzene rings is 1. The molecule has 0 unspecified atom stereocenters. The van der Waals surface area contributed by atoms with E-state index in [1.54, 1.807) is 6.07 Å². The zero-order valence-corrected chi connectivity index (χ0v) is 12.6. The molecule has 4 nitrogen and oxygen atoms in total. The number of nitrogens with one attached hydrogen (secondary N) is 1. The summed E-state index contributed by atoms with van der Waals surface area (Å²) in [5.74, 6) is 0. The van der Waals surface area contributed by atoms with Crippen molar-refractivity contribution in [2.45, 2.75) is 37.6 Å². The minimum atomic E-state index is -3.39. The van der Waals surface area contributed by atoms with E-state index in [9.17, 15) is 8.42 Å². The van der Waals surface area contributed by atoms with Gasteiger partial charge in [0, 0.05) is 6.04 Å². The fourth-order valence-corrected chi connectivity index (χ4v) is 4.04. The summed E-state index contributed by atoms with van der Waals surface area (Å²) in [4.78, 5) is 2.62. The summed E-state index contributed by atoms with van der Waals surface area (Å²) in [6.45, 7) is 5.70. The number of hydrogen-bond acceptors (Lipinski definition) is 3. The molecule has 1 aliphatic heterocycles. The summed E-state index contributed by atoms with van der Waals surface area (Å²) in [6, 6.07) is 5.50. The van der Waals surface area contributed by atoms with Crippen LogP contribution in [0.5, 0.6) is 0 Å². The van der Waals surface area contributed by atoms with Gasteiger partial charge in [-0.05, 0) is 58.5 Å². The van der Waals surface area contributed by atoms with Gasteiger partial charge in [0.1, 0.15) is 0 Å². The maximum absolute atomic E-state index is 12.4. The summed E-state index contributed by atoms with van der Waals surface area (Å²) in [5.41, 5.74) is 1.89. The zero-order chi connectivity index (χ0) is 14.0. The lowest BCUT2D eigenvalue weighted by atomic mass is 10.1. The van der Waals surface area contributed by atoms with Crippen LogP contribution in [0.25, 0.3) is 0 Å². The molecule has 0 radical (unpaired) electrons. The van der Waals surface area contributed by atoms with Crippen LogP contribution >= 0.6 is 0 Å². The Balaban J connectivity index is 2.14. The van der Waals surface area contributed by atoms with Crippen molar-refractivity contribution in [2.24, 2.45) is 0 Å². The maximum atomic E-state index is 12.4. The fraction of sp³-hybridized carbons (Fsp3) is 0.571. The van der Waals surface area contributed by atoms with Gasteiger partial charge < -0.3 is 4.90 Å². The fourth-order valence-electron chi connectivity index (χ4n) is 2.51. The molecule has 0 spiro atoms. The van der Waals surface area contributed by atoms with Crippen molar-refractivity contribution >= 4 is 10.0 Å². The maximum Gasteiger partial charge on any atom is 0.241 e. The molecule has 1 aromatic rings. The van der Waals surface area contributed by atoms with Gasteiger partial charge in [-0.15, -0.1) is 0 Å². The number of sulfonamides is 1. The van der Waals surface area contributed by atoms with E-state index in [1.165, 1.54) is 0 Å². The van der Waals surface area contributed by atoms with Crippen LogP contribution in [0.15, 0.2) is 23.1 Å². The van der Waals surface area contributed by atoms with Gasteiger partial charge in [-0.2, -0.15) is 0 Å². The third kappa shape index (κ3) is 3.55. The molecule has 0 saturated carbocycles. The van der Waals surface area contributed by atoms with E-state index in [4.69, 9.17) is 0 Å². The molecular formula is C14H22N2O2S. The Kier molecular flexibility index (Phi) is 4.28. The minimum absolute atomic E-state index is 0.0573. The molecule has 19 heavy (non-hydrogen) atoms. The first kappa shape index (κ1) is 14.5. The van der Waals surface area contributed by atoms with Gasteiger partial charge in [0.25, 0.3) is 0 Å². The monoisotopic (exact) mass is 282 g/mol. The molecule has 0 aliphatic carbocycles. The predicted molar refractivity (Wildman–Crippen MR) is 76.8 cm³/mol. The lowest BCUT2D eigenvalue weighted by molar-refractivity contribution is 0.248. The number of aryl methyl sites for hydroxylation is 2. The van der Waals surface area contributed by atoms with E-state index in [2.05, 4.69) is 16.7 Å². The Labute approximate surface area is 115 Å². The third-order valence-electron chi connectivity index (χ3n) is 3.66. The Morgan fingerprint density at radius 3 is 2.42 bits per heavy atom. The van der Waals surface area contributed by atoms with Gasteiger partial charge in [0.05, 0.1) is 4.90 Å². The smallest absolute Gasteiger partial charge is 0.241 e. The quantitative estimate of drug-likeness (QED) is 0.917. The Morgan fingerprint density at radius 1 is 1.21 bits per heavy atom. The molecule has 1 N–H and O–H groups in total. The molecule has 0 bridgehead atoms. The van der Waals surface area contributed by atoms with E-state index in [0.29, 0.717) is 4.90 Å². The highest BCUT2D eigenvalue weighted by Gasteiger charge is 2.24. The highest BCUT2D eigenvalue weighted by molar-refractivity contribution is 7.89. The van der Waals surface area contributed by atoms with Crippen LogP contribution in [0, 0.1) is 13.8 Å². The molecule has 106 valence electrons. The van der Waals surface area contributed by atoms with Crippen molar-refractivity contribution in [1.82, 2.24) is 9.62 Å². The van der Waals surface area contributed by atoms with E-state index in [1.807, 2.05) is 26.0 Å². The van der Waals surface area contributed by atoms with Crippen LogP contribution < -0.4 is 4.72 Å². The largest absolute Gasteiger partial charge is 0.306 e. The first-order chi connectivity index (χ1) is 8.88. The molecule has 5 heteroatoms. The Bertz CT molecular complexity index is 547. The predicted octanol–water partition coefficient (Wildman–Crippen LogP) is 1.68. The van der Waals surface area contributed by atoms with Gasteiger partial charge in [-0.3, -0.25) is 0 Å². The second-order valence-electron chi connectivity index (χ2n) is 5.47. The number of nitrogens with zero attached hydrogens (tertiary/aromatic N) is 1. The number of hydrogen-bond donors (Lipinski definition) is 1. The molecule has 0 aromatic heterocycles. The Hall–Kier alpha value is -0.910. The first-order valence-electron chi connectivity index (χ1n) is 6.66. The van der Waals surface area contributed by atoms with Gasteiger partial charge in [0.15, 0.2) is 0 Å². The molecule has 1 heterocycles. The normalized spacial score (nSPS) is 18.7. The SMILES string of the molecule is Cc1ccc(S(=O)(=O)NC2CCN(C)CC2)c(C)c1. The number of piperidine rings is 1. The van der Waals surface area contributed by atoms with Crippen molar-refractivity contribution < 1.29 is 8.42 Å². The van der Waals surface area contributed by atoms with Crippen molar-refractivity contribution in [1.29, 1.82) is 0 Å². The van der Waals surface area contributed by atoms with Gasteiger partial charge >= 0.3 is 0 Å². The highest BCUT2D eigenvalue weighted by Crippen LogP contribution is 2.18. The molecule has 1 saturated heterocycles. The average molecular weight is 282 g/mol. The van der Waals surface area contributed by atoms with Crippen LogP contribution in [-0.2, 0) is 10.0 Å². The third-order valence-corrected chi connectivity index (χ3v) is 5.34. The highest BCUT2D eigenvalue weighted by atomic mass is 32.2. The van der Waals surface area contributed by atoms with Crippen LogP contribution in [0.3, 0.4) is 0 Å². The molecule has 1 fully saturated rings. The van der Waals surface area contributed by atoms with Crippen LogP contribution in [0.2, 0.25) is 0 Å². The second kappa shape index (κ2) is 5.61. The van der Waals surface area contributed by atoms with Crippen molar-refractivity contribution in [2.75, 3.05) is 20.1 Å². The van der Waals surface area contributed by atoms with Gasteiger partial charge in [-0.25, -0.2) is 13.1 Å². The van der Waals surface area contributed by atoms with Crippen LogP contribution in [-0.4, -0.2) is 39.5 Å². The van der Waals surface area contributed by atoms with Crippen LogP contribution in [0.1, 0.15) is 24.0 Å². The topological polar surface area (TPSA) is 49.4 Å². The van der Waals surface area contributed by atoms with Crippen molar-refractivity contribution in [3.05, 3.63) is 29.3 Å². The van der Waals surface area contributed by atoms with E-state index >= 15 is 0 Å². The molecule has 2 rings (SSSR count). The van der Waals surface area contributed by atoms with Crippen molar-refractivity contribution in [3.8, 4) is 0 Å². The standard InChI is InChI=1S/C14H22N2O2S/c1-11-4-5-14(12(2)10-11)19(17,18)15-13-6-8-16(3)9-7-13/h4-5,10,13,15H,6-9H2,1-3H3. The summed E-state index contributed by atoms with van der Waals surface area (Å²) in [7, 11) is -1.33. The minimum Gasteiger partial charge on any atom is -0.306 e. The zero-order valence-electron chi connectivity index (χ0n) is 11.8. The molecular weight excluding hydrogens is 260 g/mol. The molecule has 0 atom stereocenters. The number of likely N-dealkylation sites (tertiary alicyclic amines) is 1. The lowest BCUT2D eigenvalue weighted by Gasteiger charge is -2.29.